The molecule has 126 valence electrons. The normalized spacial score (nSPS) is 11.8. The molecule has 0 N–H and O–H groups in total. The van der Waals surface area contributed by atoms with Crippen LogP contribution in [0.15, 0.2) is 15.1 Å². The zero-order valence-corrected chi connectivity index (χ0v) is 15.5. The number of carbonyl (C=O) groups is 1. The van der Waals surface area contributed by atoms with Crippen LogP contribution in [0, 0.1) is 0 Å². The molecule has 0 radical (unpaired) electrons. The maximum absolute atomic E-state index is 13.0. The van der Waals surface area contributed by atoms with Crippen LogP contribution < -0.4 is 0 Å². The predicted molar refractivity (Wildman–Crippen MR) is 82.6 cm³/mol. The van der Waals surface area contributed by atoms with Gasteiger partial charge in [-0.05, 0) is 31.9 Å². The number of halogens is 5. The molecule has 0 aliphatic carbocycles. The molecular formula is C12H12Br2F3N5O. The molecule has 2 aromatic rings. The number of alkyl halides is 3. The van der Waals surface area contributed by atoms with E-state index in [-0.39, 0.29) is 16.7 Å². The van der Waals surface area contributed by atoms with Gasteiger partial charge in [-0.2, -0.15) is 23.4 Å². The summed E-state index contributed by atoms with van der Waals surface area (Å²) in [6.07, 6.45) is -3.03. The van der Waals surface area contributed by atoms with Crippen molar-refractivity contribution in [3.8, 4) is 0 Å². The Balaban J connectivity index is 2.31. The van der Waals surface area contributed by atoms with Crippen LogP contribution >= 0.6 is 31.9 Å². The highest BCUT2D eigenvalue weighted by Crippen LogP contribution is 2.36. The minimum absolute atomic E-state index is 0.167. The Hall–Kier alpha value is -1.36. The first-order chi connectivity index (χ1) is 10.5. The molecule has 0 saturated heterocycles. The fourth-order valence-corrected chi connectivity index (χ4v) is 3.24. The molecule has 2 aromatic heterocycles. The van der Waals surface area contributed by atoms with Gasteiger partial charge in [0.05, 0.1) is 27.4 Å². The van der Waals surface area contributed by atoms with Crippen LogP contribution in [0.4, 0.5) is 13.2 Å². The van der Waals surface area contributed by atoms with Crippen LogP contribution in [0.5, 0.6) is 0 Å². The summed E-state index contributed by atoms with van der Waals surface area (Å²) in [5, 5.41) is 7.72. The summed E-state index contributed by atoms with van der Waals surface area (Å²) >= 11 is 6.14. The lowest BCUT2D eigenvalue weighted by molar-refractivity contribution is -0.144. The van der Waals surface area contributed by atoms with Gasteiger partial charge in [0.15, 0.2) is 11.4 Å². The summed E-state index contributed by atoms with van der Waals surface area (Å²) in [5.74, 6) is -0.629. The SMILES string of the molecule is CN(Cc1c(Br)cnn1C)C(=O)c1nn(C)c(C(F)(F)F)c1Br. The van der Waals surface area contributed by atoms with E-state index in [1.54, 1.807) is 17.9 Å². The number of nitrogens with zero attached hydrogens (tertiary/aromatic N) is 5. The lowest BCUT2D eigenvalue weighted by atomic mass is 10.3. The highest BCUT2D eigenvalue weighted by atomic mass is 79.9. The monoisotopic (exact) mass is 457 g/mol. The number of carbonyl (C=O) groups excluding carboxylic acids is 1. The third-order valence-corrected chi connectivity index (χ3v) is 4.62. The molecule has 0 bridgehead atoms. The molecule has 2 rings (SSSR count). The van der Waals surface area contributed by atoms with E-state index >= 15 is 0 Å². The average Bonchev–Trinajstić information content (AvgIpc) is 2.90. The van der Waals surface area contributed by atoms with Crippen LogP contribution in [-0.2, 0) is 26.8 Å². The molecule has 0 aliphatic rings. The maximum Gasteiger partial charge on any atom is 0.434 e. The Labute approximate surface area is 146 Å². The van der Waals surface area contributed by atoms with Crippen molar-refractivity contribution in [3.05, 3.63) is 32.2 Å². The first-order valence-electron chi connectivity index (χ1n) is 6.25. The van der Waals surface area contributed by atoms with Crippen molar-refractivity contribution in [1.82, 2.24) is 24.5 Å². The maximum atomic E-state index is 13.0. The van der Waals surface area contributed by atoms with E-state index in [0.717, 1.165) is 7.05 Å². The number of amides is 1. The Morgan fingerprint density at radius 1 is 1.30 bits per heavy atom. The van der Waals surface area contributed by atoms with Crippen molar-refractivity contribution in [1.29, 1.82) is 0 Å². The lowest BCUT2D eigenvalue weighted by Gasteiger charge is -2.16. The van der Waals surface area contributed by atoms with Crippen LogP contribution in [-0.4, -0.2) is 37.4 Å². The second kappa shape index (κ2) is 6.27. The number of rotatable bonds is 3. The van der Waals surface area contributed by atoms with Gasteiger partial charge in [-0.1, -0.05) is 0 Å². The molecule has 0 fully saturated rings. The van der Waals surface area contributed by atoms with Gasteiger partial charge in [0.25, 0.3) is 5.91 Å². The summed E-state index contributed by atoms with van der Waals surface area (Å²) in [7, 11) is 4.33. The molecule has 0 spiro atoms. The molecule has 6 nitrogen and oxygen atoms in total. The molecule has 2 heterocycles. The second-order valence-electron chi connectivity index (χ2n) is 4.86. The molecule has 23 heavy (non-hydrogen) atoms. The van der Waals surface area contributed by atoms with Crippen LogP contribution in [0.2, 0.25) is 0 Å². The molecule has 0 atom stereocenters. The summed E-state index contributed by atoms with van der Waals surface area (Å²) < 4.78 is 41.4. The fraction of sp³-hybridized carbons (Fsp3) is 0.417. The van der Waals surface area contributed by atoms with Gasteiger partial charge < -0.3 is 4.90 Å². The van der Waals surface area contributed by atoms with Crippen molar-refractivity contribution >= 4 is 37.8 Å². The summed E-state index contributed by atoms with van der Waals surface area (Å²) in [4.78, 5) is 13.7. The predicted octanol–water partition coefficient (Wildman–Crippen LogP) is 2.97. The Kier molecular flexibility index (Phi) is 4.90. The number of hydrogen-bond acceptors (Lipinski definition) is 3. The third kappa shape index (κ3) is 3.44. The minimum atomic E-state index is -4.61. The van der Waals surface area contributed by atoms with Crippen LogP contribution in [0.1, 0.15) is 21.9 Å². The van der Waals surface area contributed by atoms with Gasteiger partial charge in [-0.3, -0.25) is 14.2 Å². The standard InChI is InChI=1S/C12H12Br2F3N5O/c1-20(5-7-6(13)4-18-21(7)2)11(23)9-8(14)10(12(15,16)17)22(3)19-9/h4H,5H2,1-3H3. The molecule has 0 aromatic carbocycles. The van der Waals surface area contributed by atoms with E-state index in [2.05, 4.69) is 42.1 Å². The van der Waals surface area contributed by atoms with Gasteiger partial charge in [0.1, 0.15) is 0 Å². The average molecular weight is 459 g/mol. The third-order valence-electron chi connectivity index (χ3n) is 3.20. The Bertz CT molecular complexity index is 733. The number of aromatic nitrogens is 4. The Morgan fingerprint density at radius 2 is 1.91 bits per heavy atom. The molecule has 11 heteroatoms. The Morgan fingerprint density at radius 3 is 2.35 bits per heavy atom. The van der Waals surface area contributed by atoms with Crippen LogP contribution in [0.3, 0.4) is 0 Å². The quantitative estimate of drug-likeness (QED) is 0.710. The van der Waals surface area contributed by atoms with Gasteiger partial charge in [0, 0.05) is 21.1 Å². The first-order valence-corrected chi connectivity index (χ1v) is 7.84. The summed E-state index contributed by atoms with van der Waals surface area (Å²) in [5.41, 5.74) is -0.583. The van der Waals surface area contributed by atoms with E-state index in [1.165, 1.54) is 11.9 Å². The lowest BCUT2D eigenvalue weighted by Crippen LogP contribution is -2.28. The first kappa shape index (κ1) is 18.0. The van der Waals surface area contributed by atoms with Crippen molar-refractivity contribution in [2.75, 3.05) is 7.05 Å². The van der Waals surface area contributed by atoms with Crippen molar-refractivity contribution in [2.24, 2.45) is 14.1 Å². The zero-order chi connectivity index (χ0) is 17.5. The zero-order valence-electron chi connectivity index (χ0n) is 12.3. The van der Waals surface area contributed by atoms with Crippen molar-refractivity contribution < 1.29 is 18.0 Å². The van der Waals surface area contributed by atoms with E-state index in [9.17, 15) is 18.0 Å². The molecule has 0 aliphatic heterocycles. The van der Waals surface area contributed by atoms with E-state index in [0.29, 0.717) is 14.8 Å². The van der Waals surface area contributed by atoms with Gasteiger partial charge >= 0.3 is 6.18 Å². The summed E-state index contributed by atoms with van der Waals surface area (Å²) in [6.45, 7) is 0.167. The largest absolute Gasteiger partial charge is 0.434 e. The molecular weight excluding hydrogens is 447 g/mol. The number of hydrogen-bond donors (Lipinski definition) is 0. The minimum Gasteiger partial charge on any atom is -0.334 e. The molecule has 0 unspecified atom stereocenters. The molecule has 0 saturated carbocycles. The topological polar surface area (TPSA) is 56.0 Å². The highest BCUT2D eigenvalue weighted by Gasteiger charge is 2.40. The van der Waals surface area contributed by atoms with E-state index < -0.39 is 17.8 Å². The molecule has 1 amide bonds. The highest BCUT2D eigenvalue weighted by molar-refractivity contribution is 9.10. The van der Waals surface area contributed by atoms with Gasteiger partial charge in [-0.25, -0.2) is 0 Å². The van der Waals surface area contributed by atoms with Crippen molar-refractivity contribution in [3.63, 3.8) is 0 Å². The second-order valence-corrected chi connectivity index (χ2v) is 6.50. The van der Waals surface area contributed by atoms with Crippen LogP contribution in [0.25, 0.3) is 0 Å². The number of aryl methyl sites for hydroxylation is 2. The fourth-order valence-electron chi connectivity index (χ4n) is 2.03. The van der Waals surface area contributed by atoms with Crippen molar-refractivity contribution in [2.45, 2.75) is 12.7 Å². The van der Waals surface area contributed by atoms with E-state index in [1.807, 2.05) is 0 Å². The van der Waals surface area contributed by atoms with Gasteiger partial charge in [0.2, 0.25) is 0 Å². The van der Waals surface area contributed by atoms with Gasteiger partial charge in [-0.15, -0.1) is 0 Å². The van der Waals surface area contributed by atoms with E-state index in [4.69, 9.17) is 0 Å². The summed E-state index contributed by atoms with van der Waals surface area (Å²) in [6, 6.07) is 0. The smallest absolute Gasteiger partial charge is 0.334 e.